The van der Waals surface area contributed by atoms with Gasteiger partial charge in [-0.15, -0.1) is 0 Å². The molecule has 1 aliphatic rings. The Hall–Kier alpha value is -1.02. The molecule has 5 unspecified atom stereocenters. The number of hydrogen-bond acceptors (Lipinski definition) is 6. The molecule has 118 valence electrons. The van der Waals surface area contributed by atoms with Crippen LogP contribution in [0.4, 0.5) is 0 Å². The number of aryl methyl sites for hydroxylation is 2. The predicted octanol–water partition coefficient (Wildman–Crippen LogP) is -0.208. The Morgan fingerprint density at radius 1 is 1.14 bits per heavy atom. The van der Waals surface area contributed by atoms with Gasteiger partial charge in [-0.2, -0.15) is 0 Å². The Morgan fingerprint density at radius 2 is 1.86 bits per heavy atom. The van der Waals surface area contributed by atoms with E-state index in [0.717, 1.165) is 16.7 Å². The minimum atomic E-state index is -1.24. The number of hydrogen-bond donors (Lipinski definition) is 4. The SMILES string of the molecule is Cc1ccc(C2OC(CO)C(O)C(C(O)CO)O2)cc1C. The molecule has 0 aromatic heterocycles. The van der Waals surface area contributed by atoms with Crippen molar-refractivity contribution < 1.29 is 29.9 Å². The van der Waals surface area contributed by atoms with Crippen LogP contribution in [0.25, 0.3) is 0 Å². The molecule has 0 spiro atoms. The van der Waals surface area contributed by atoms with Gasteiger partial charge >= 0.3 is 0 Å². The lowest BCUT2D eigenvalue weighted by Crippen LogP contribution is -2.54. The lowest BCUT2D eigenvalue weighted by Gasteiger charge is -2.40. The van der Waals surface area contributed by atoms with Crippen molar-refractivity contribution in [2.75, 3.05) is 13.2 Å². The summed E-state index contributed by atoms with van der Waals surface area (Å²) < 4.78 is 11.1. The molecule has 0 amide bonds. The third kappa shape index (κ3) is 3.42. The first-order valence-electron chi connectivity index (χ1n) is 6.93. The van der Waals surface area contributed by atoms with E-state index in [1.54, 1.807) is 0 Å². The van der Waals surface area contributed by atoms with Crippen molar-refractivity contribution in [3.05, 3.63) is 34.9 Å². The number of aliphatic hydroxyl groups is 4. The topological polar surface area (TPSA) is 99.4 Å². The molecular weight excluding hydrogens is 276 g/mol. The van der Waals surface area contributed by atoms with E-state index in [9.17, 15) is 15.3 Å². The van der Waals surface area contributed by atoms with E-state index in [0.29, 0.717) is 0 Å². The number of aliphatic hydroxyl groups excluding tert-OH is 4. The summed E-state index contributed by atoms with van der Waals surface area (Å²) >= 11 is 0. The maximum atomic E-state index is 10.0. The van der Waals surface area contributed by atoms with Crippen molar-refractivity contribution in [1.82, 2.24) is 0 Å². The summed E-state index contributed by atoms with van der Waals surface area (Å²) in [4.78, 5) is 0. The van der Waals surface area contributed by atoms with Gasteiger partial charge in [0.15, 0.2) is 6.29 Å². The third-order valence-corrected chi connectivity index (χ3v) is 3.85. The monoisotopic (exact) mass is 298 g/mol. The summed E-state index contributed by atoms with van der Waals surface area (Å²) in [5.41, 5.74) is 2.92. The standard InChI is InChI=1S/C15H22O6/c1-8-3-4-10(5-9(8)2)15-20-12(7-17)13(19)14(21-15)11(18)6-16/h3-5,11-19H,6-7H2,1-2H3. The van der Waals surface area contributed by atoms with E-state index >= 15 is 0 Å². The van der Waals surface area contributed by atoms with Gasteiger partial charge in [-0.25, -0.2) is 0 Å². The molecule has 1 fully saturated rings. The summed E-state index contributed by atoms with van der Waals surface area (Å²) in [5, 5.41) is 38.1. The highest BCUT2D eigenvalue weighted by atomic mass is 16.7. The fourth-order valence-electron chi connectivity index (χ4n) is 2.35. The molecule has 1 aromatic rings. The largest absolute Gasteiger partial charge is 0.394 e. The first kappa shape index (κ1) is 16.4. The molecular formula is C15H22O6. The molecule has 1 aromatic carbocycles. The highest BCUT2D eigenvalue weighted by Gasteiger charge is 2.42. The molecule has 0 radical (unpaired) electrons. The first-order chi connectivity index (χ1) is 9.97. The van der Waals surface area contributed by atoms with Crippen LogP contribution in [0.1, 0.15) is 23.0 Å². The van der Waals surface area contributed by atoms with Crippen molar-refractivity contribution in [2.45, 2.75) is 44.6 Å². The third-order valence-electron chi connectivity index (χ3n) is 3.85. The lowest BCUT2D eigenvalue weighted by atomic mass is 10.0. The average molecular weight is 298 g/mol. The van der Waals surface area contributed by atoms with Crippen LogP contribution in [0, 0.1) is 13.8 Å². The second-order valence-electron chi connectivity index (χ2n) is 5.37. The van der Waals surface area contributed by atoms with Gasteiger partial charge in [0, 0.05) is 5.56 Å². The summed E-state index contributed by atoms with van der Waals surface area (Å²) in [6.45, 7) is 3.00. The van der Waals surface area contributed by atoms with Crippen LogP contribution >= 0.6 is 0 Å². The Bertz CT molecular complexity index is 477. The van der Waals surface area contributed by atoms with Crippen LogP contribution in [-0.2, 0) is 9.47 Å². The second kappa shape index (κ2) is 6.83. The van der Waals surface area contributed by atoms with E-state index in [1.165, 1.54) is 0 Å². The molecule has 1 aliphatic heterocycles. The van der Waals surface area contributed by atoms with Gasteiger partial charge < -0.3 is 29.9 Å². The van der Waals surface area contributed by atoms with Crippen molar-refractivity contribution >= 4 is 0 Å². The maximum absolute atomic E-state index is 10.0. The van der Waals surface area contributed by atoms with Gasteiger partial charge in [0.05, 0.1) is 13.2 Å². The highest BCUT2D eigenvalue weighted by molar-refractivity contribution is 5.30. The number of rotatable bonds is 4. The van der Waals surface area contributed by atoms with Crippen LogP contribution in [0.15, 0.2) is 18.2 Å². The Labute approximate surface area is 123 Å². The summed E-state index contributed by atoms with van der Waals surface area (Å²) in [7, 11) is 0. The molecule has 2 rings (SSSR count). The second-order valence-corrected chi connectivity index (χ2v) is 5.37. The quantitative estimate of drug-likeness (QED) is 0.614. The van der Waals surface area contributed by atoms with Crippen molar-refractivity contribution in [1.29, 1.82) is 0 Å². The molecule has 4 N–H and O–H groups in total. The van der Waals surface area contributed by atoms with Crippen molar-refractivity contribution in [3.8, 4) is 0 Å². The zero-order valence-corrected chi connectivity index (χ0v) is 12.1. The number of ether oxygens (including phenoxy) is 2. The Morgan fingerprint density at radius 3 is 2.43 bits per heavy atom. The normalized spacial score (nSPS) is 31.1. The van der Waals surface area contributed by atoms with Crippen LogP contribution in [0.3, 0.4) is 0 Å². The lowest BCUT2D eigenvalue weighted by molar-refractivity contribution is -0.310. The molecule has 21 heavy (non-hydrogen) atoms. The van der Waals surface area contributed by atoms with Crippen molar-refractivity contribution in [2.24, 2.45) is 0 Å². The minimum absolute atomic E-state index is 0.402. The average Bonchev–Trinajstić information content (AvgIpc) is 2.49. The van der Waals surface area contributed by atoms with Crippen molar-refractivity contribution in [3.63, 3.8) is 0 Å². The molecule has 6 nitrogen and oxygen atoms in total. The molecule has 6 heteroatoms. The van der Waals surface area contributed by atoms with Gasteiger partial charge in [-0.05, 0) is 25.0 Å². The fraction of sp³-hybridized carbons (Fsp3) is 0.600. The molecule has 0 aliphatic carbocycles. The molecule has 0 saturated carbocycles. The van der Waals surface area contributed by atoms with E-state index in [4.69, 9.17) is 14.6 Å². The Balaban J connectivity index is 2.24. The van der Waals surface area contributed by atoms with Gasteiger partial charge in [0.1, 0.15) is 24.4 Å². The number of benzene rings is 1. The highest BCUT2D eigenvalue weighted by Crippen LogP contribution is 2.32. The summed E-state index contributed by atoms with van der Waals surface area (Å²) in [5.74, 6) is 0. The fourth-order valence-corrected chi connectivity index (χ4v) is 2.35. The van der Waals surface area contributed by atoms with E-state index in [2.05, 4.69) is 0 Å². The van der Waals surface area contributed by atoms with E-state index < -0.39 is 43.9 Å². The zero-order chi connectivity index (χ0) is 15.6. The van der Waals surface area contributed by atoms with Gasteiger partial charge in [0.25, 0.3) is 0 Å². The van der Waals surface area contributed by atoms with Crippen LogP contribution in [0.5, 0.6) is 0 Å². The predicted molar refractivity (Wildman–Crippen MR) is 74.6 cm³/mol. The summed E-state index contributed by atoms with van der Waals surface area (Å²) in [6, 6.07) is 5.66. The van der Waals surface area contributed by atoms with Gasteiger partial charge in [-0.3, -0.25) is 0 Å². The minimum Gasteiger partial charge on any atom is -0.394 e. The van der Waals surface area contributed by atoms with Gasteiger partial charge in [0.2, 0.25) is 0 Å². The molecule has 1 heterocycles. The summed E-state index contributed by atoms with van der Waals surface area (Å²) in [6.07, 6.45) is -5.16. The van der Waals surface area contributed by atoms with Gasteiger partial charge in [-0.1, -0.05) is 18.2 Å². The van der Waals surface area contributed by atoms with Crippen LogP contribution in [0.2, 0.25) is 0 Å². The molecule has 1 saturated heterocycles. The van der Waals surface area contributed by atoms with E-state index in [1.807, 2.05) is 32.0 Å². The van der Waals surface area contributed by atoms with Crippen LogP contribution in [-0.4, -0.2) is 58.1 Å². The van der Waals surface area contributed by atoms with E-state index in [-0.39, 0.29) is 0 Å². The Kier molecular flexibility index (Phi) is 5.32. The zero-order valence-electron chi connectivity index (χ0n) is 12.1. The first-order valence-corrected chi connectivity index (χ1v) is 6.93. The smallest absolute Gasteiger partial charge is 0.184 e. The molecule has 0 bridgehead atoms. The molecule has 5 atom stereocenters. The maximum Gasteiger partial charge on any atom is 0.184 e. The van der Waals surface area contributed by atoms with Crippen LogP contribution < -0.4 is 0 Å².